The van der Waals surface area contributed by atoms with Crippen LogP contribution in [0.5, 0.6) is 11.5 Å². The Morgan fingerprint density at radius 3 is 2.68 bits per heavy atom. The SMILES string of the molecule is CC1CCC(C(C)C)C(OC(=O)CCCCc2ccc(O)cc2O)C1. The molecule has 2 N–H and O–H groups in total. The number of aromatic hydroxyl groups is 2. The lowest BCUT2D eigenvalue weighted by Crippen LogP contribution is -2.35. The Labute approximate surface area is 151 Å². The molecule has 1 aliphatic rings. The summed E-state index contributed by atoms with van der Waals surface area (Å²) in [5, 5.41) is 19.1. The number of aryl methyl sites for hydroxylation is 1. The summed E-state index contributed by atoms with van der Waals surface area (Å²) in [4.78, 5) is 12.2. The van der Waals surface area contributed by atoms with Gasteiger partial charge < -0.3 is 14.9 Å². The van der Waals surface area contributed by atoms with Crippen molar-refractivity contribution in [3.05, 3.63) is 23.8 Å². The van der Waals surface area contributed by atoms with Crippen LogP contribution in [0, 0.1) is 17.8 Å². The standard InChI is InChI=1S/C21H32O4/c1-14(2)18-11-8-15(3)12-20(18)25-21(24)7-5-4-6-16-9-10-17(22)13-19(16)23/h9-10,13-15,18,20,22-23H,4-8,11-12H2,1-3H3. The van der Waals surface area contributed by atoms with Gasteiger partial charge in [0.15, 0.2) is 0 Å². The van der Waals surface area contributed by atoms with E-state index < -0.39 is 0 Å². The number of esters is 1. The highest BCUT2D eigenvalue weighted by Gasteiger charge is 2.33. The number of phenols is 2. The van der Waals surface area contributed by atoms with Crippen LogP contribution in [0.3, 0.4) is 0 Å². The Bertz CT molecular complexity index is 567. The number of unbranched alkanes of at least 4 members (excludes halogenated alkanes) is 1. The van der Waals surface area contributed by atoms with Crippen molar-refractivity contribution >= 4 is 5.97 Å². The maximum atomic E-state index is 12.2. The van der Waals surface area contributed by atoms with Crippen LogP contribution in [0.4, 0.5) is 0 Å². The van der Waals surface area contributed by atoms with Crippen LogP contribution in [0.25, 0.3) is 0 Å². The fourth-order valence-corrected chi connectivity index (χ4v) is 3.83. The minimum Gasteiger partial charge on any atom is -0.508 e. The Morgan fingerprint density at radius 1 is 1.24 bits per heavy atom. The molecule has 4 nitrogen and oxygen atoms in total. The van der Waals surface area contributed by atoms with Crippen molar-refractivity contribution in [2.45, 2.75) is 71.8 Å². The summed E-state index contributed by atoms with van der Waals surface area (Å²) in [6.07, 6.45) is 6.09. The molecule has 25 heavy (non-hydrogen) atoms. The van der Waals surface area contributed by atoms with Gasteiger partial charge in [0.2, 0.25) is 0 Å². The van der Waals surface area contributed by atoms with Gasteiger partial charge >= 0.3 is 5.97 Å². The molecule has 1 saturated carbocycles. The van der Waals surface area contributed by atoms with Crippen LogP contribution in [-0.2, 0) is 16.0 Å². The van der Waals surface area contributed by atoms with Crippen molar-refractivity contribution in [2.75, 3.05) is 0 Å². The van der Waals surface area contributed by atoms with E-state index in [9.17, 15) is 15.0 Å². The zero-order valence-corrected chi connectivity index (χ0v) is 15.7. The highest BCUT2D eigenvalue weighted by atomic mass is 16.5. The van der Waals surface area contributed by atoms with Gasteiger partial charge in [-0.25, -0.2) is 0 Å². The first-order valence-electron chi connectivity index (χ1n) is 9.57. The molecule has 0 bridgehead atoms. The summed E-state index contributed by atoms with van der Waals surface area (Å²) in [6.45, 7) is 6.67. The molecule has 3 unspecified atom stereocenters. The fraction of sp³-hybridized carbons (Fsp3) is 0.667. The molecule has 1 fully saturated rings. The summed E-state index contributed by atoms with van der Waals surface area (Å²) < 4.78 is 5.81. The molecule has 140 valence electrons. The average molecular weight is 348 g/mol. The van der Waals surface area contributed by atoms with E-state index in [4.69, 9.17) is 4.74 Å². The molecule has 0 heterocycles. The third-order valence-electron chi connectivity index (χ3n) is 5.39. The molecule has 0 radical (unpaired) electrons. The van der Waals surface area contributed by atoms with Crippen LogP contribution >= 0.6 is 0 Å². The van der Waals surface area contributed by atoms with Gasteiger partial charge in [0.25, 0.3) is 0 Å². The Balaban J connectivity index is 1.74. The molecule has 1 aromatic carbocycles. The van der Waals surface area contributed by atoms with Crippen LogP contribution in [0.15, 0.2) is 18.2 Å². The number of carbonyl (C=O) groups is 1. The second-order valence-electron chi connectivity index (χ2n) is 7.87. The third-order valence-corrected chi connectivity index (χ3v) is 5.39. The van der Waals surface area contributed by atoms with Crippen molar-refractivity contribution in [3.8, 4) is 11.5 Å². The largest absolute Gasteiger partial charge is 0.508 e. The predicted octanol–water partition coefficient (Wildman–Crippen LogP) is 4.81. The van der Waals surface area contributed by atoms with Crippen molar-refractivity contribution in [2.24, 2.45) is 17.8 Å². The lowest BCUT2D eigenvalue weighted by molar-refractivity contribution is -0.156. The van der Waals surface area contributed by atoms with E-state index in [2.05, 4.69) is 20.8 Å². The molecule has 0 amide bonds. The molecule has 0 aliphatic heterocycles. The lowest BCUT2D eigenvalue weighted by Gasteiger charge is -2.36. The minimum atomic E-state index is -0.0975. The normalized spacial score (nSPS) is 23.6. The molecular formula is C21H32O4. The number of phenolic OH excluding ortho intramolecular Hbond substituents is 2. The first-order valence-corrected chi connectivity index (χ1v) is 9.57. The molecule has 0 spiro atoms. The monoisotopic (exact) mass is 348 g/mol. The summed E-state index contributed by atoms with van der Waals surface area (Å²) >= 11 is 0. The van der Waals surface area contributed by atoms with Gasteiger partial charge in [0.1, 0.15) is 17.6 Å². The molecule has 4 heteroatoms. The maximum absolute atomic E-state index is 12.2. The van der Waals surface area contributed by atoms with Gasteiger partial charge in [0.05, 0.1) is 0 Å². The Kier molecular flexibility index (Phi) is 7.15. The van der Waals surface area contributed by atoms with E-state index in [1.807, 2.05) is 0 Å². The van der Waals surface area contributed by atoms with E-state index in [0.717, 1.165) is 31.2 Å². The smallest absolute Gasteiger partial charge is 0.306 e. The number of hydrogen-bond donors (Lipinski definition) is 2. The zero-order valence-electron chi connectivity index (χ0n) is 15.7. The van der Waals surface area contributed by atoms with Crippen molar-refractivity contribution in [1.82, 2.24) is 0 Å². The molecule has 0 aromatic heterocycles. The number of ether oxygens (including phenoxy) is 1. The molecule has 1 aromatic rings. The highest BCUT2D eigenvalue weighted by Crippen LogP contribution is 2.35. The van der Waals surface area contributed by atoms with Gasteiger partial charge in [-0.2, -0.15) is 0 Å². The summed E-state index contributed by atoms with van der Waals surface area (Å²) in [5.41, 5.74) is 0.798. The fourth-order valence-electron chi connectivity index (χ4n) is 3.83. The minimum absolute atomic E-state index is 0.0613. The molecule has 0 saturated heterocycles. The maximum Gasteiger partial charge on any atom is 0.306 e. The number of rotatable bonds is 7. The second kappa shape index (κ2) is 9.12. The first kappa shape index (κ1) is 19.6. The van der Waals surface area contributed by atoms with Crippen LogP contribution in [0.2, 0.25) is 0 Å². The van der Waals surface area contributed by atoms with E-state index in [1.54, 1.807) is 12.1 Å². The summed E-state index contributed by atoms with van der Waals surface area (Å²) in [5.74, 6) is 1.73. The Morgan fingerprint density at radius 2 is 2.00 bits per heavy atom. The van der Waals surface area contributed by atoms with Crippen molar-refractivity contribution in [3.63, 3.8) is 0 Å². The van der Waals surface area contributed by atoms with E-state index in [1.165, 1.54) is 12.5 Å². The number of carbonyl (C=O) groups excluding carboxylic acids is 1. The van der Waals surface area contributed by atoms with Gasteiger partial charge in [-0.3, -0.25) is 4.79 Å². The Hall–Kier alpha value is -1.71. The van der Waals surface area contributed by atoms with E-state index in [0.29, 0.717) is 30.6 Å². The molecule has 1 aliphatic carbocycles. The molecular weight excluding hydrogens is 316 g/mol. The van der Waals surface area contributed by atoms with Crippen molar-refractivity contribution < 1.29 is 19.7 Å². The average Bonchev–Trinajstić information content (AvgIpc) is 2.53. The predicted molar refractivity (Wildman–Crippen MR) is 98.5 cm³/mol. The van der Waals surface area contributed by atoms with Gasteiger partial charge in [-0.1, -0.05) is 33.3 Å². The van der Waals surface area contributed by atoms with Crippen molar-refractivity contribution in [1.29, 1.82) is 0 Å². The topological polar surface area (TPSA) is 66.8 Å². The highest BCUT2D eigenvalue weighted by molar-refractivity contribution is 5.69. The summed E-state index contributed by atoms with van der Waals surface area (Å²) in [7, 11) is 0. The van der Waals surface area contributed by atoms with Gasteiger partial charge in [0, 0.05) is 12.5 Å². The van der Waals surface area contributed by atoms with Crippen LogP contribution in [0.1, 0.15) is 64.9 Å². The quantitative estimate of drug-likeness (QED) is 0.548. The van der Waals surface area contributed by atoms with E-state index >= 15 is 0 Å². The lowest BCUT2D eigenvalue weighted by atomic mass is 9.75. The first-order chi connectivity index (χ1) is 11.9. The third kappa shape index (κ3) is 5.94. The number of benzene rings is 1. The van der Waals surface area contributed by atoms with E-state index in [-0.39, 0.29) is 23.6 Å². The van der Waals surface area contributed by atoms with Crippen LogP contribution in [-0.4, -0.2) is 22.3 Å². The van der Waals surface area contributed by atoms with Crippen LogP contribution < -0.4 is 0 Å². The second-order valence-corrected chi connectivity index (χ2v) is 7.87. The van der Waals surface area contributed by atoms with Gasteiger partial charge in [-0.05, 0) is 61.5 Å². The summed E-state index contributed by atoms with van der Waals surface area (Å²) in [6, 6.07) is 4.64. The molecule has 2 rings (SSSR count). The zero-order chi connectivity index (χ0) is 18.4. The van der Waals surface area contributed by atoms with Gasteiger partial charge in [-0.15, -0.1) is 0 Å². The molecule has 3 atom stereocenters. The number of hydrogen-bond acceptors (Lipinski definition) is 4.